The summed E-state index contributed by atoms with van der Waals surface area (Å²) >= 11 is 0. The molecule has 3 nitrogen and oxygen atoms in total. The van der Waals surface area contributed by atoms with Crippen molar-refractivity contribution < 1.29 is 0 Å². The molecule has 0 aromatic heterocycles. The van der Waals surface area contributed by atoms with Gasteiger partial charge in [0, 0.05) is 37.8 Å². The van der Waals surface area contributed by atoms with Crippen LogP contribution in [0.15, 0.2) is 0 Å². The second kappa shape index (κ2) is 5.28. The van der Waals surface area contributed by atoms with E-state index in [1.165, 1.54) is 6.42 Å². The van der Waals surface area contributed by atoms with Crippen LogP contribution in [0.3, 0.4) is 0 Å². The molecule has 1 heterocycles. The molecule has 0 aromatic carbocycles. The summed E-state index contributed by atoms with van der Waals surface area (Å²) in [5, 5.41) is 0. The van der Waals surface area contributed by atoms with Gasteiger partial charge in [0.05, 0.1) is 0 Å². The van der Waals surface area contributed by atoms with Crippen LogP contribution in [0.5, 0.6) is 0 Å². The zero-order chi connectivity index (χ0) is 11.5. The van der Waals surface area contributed by atoms with Crippen LogP contribution in [-0.4, -0.2) is 54.6 Å². The Morgan fingerprint density at radius 2 is 2.00 bits per heavy atom. The van der Waals surface area contributed by atoms with Crippen molar-refractivity contribution >= 4 is 0 Å². The fraction of sp³-hybridized carbons (Fsp3) is 1.00. The third-order valence-electron chi connectivity index (χ3n) is 3.55. The standard InChI is InChI=1S/C12H27N3/c1-5-6-11(13)9-15-8-7-14(4)12(2,3)10-15/h11H,5-10,13H2,1-4H3. The van der Waals surface area contributed by atoms with E-state index in [1.807, 2.05) is 0 Å². The Morgan fingerprint density at radius 1 is 1.33 bits per heavy atom. The molecule has 1 aliphatic heterocycles. The predicted octanol–water partition coefficient (Wildman–Crippen LogP) is 1.14. The minimum atomic E-state index is 0.296. The van der Waals surface area contributed by atoms with E-state index in [1.54, 1.807) is 0 Å². The third kappa shape index (κ3) is 3.74. The Morgan fingerprint density at radius 3 is 2.53 bits per heavy atom. The molecule has 90 valence electrons. The average Bonchev–Trinajstić information content (AvgIpc) is 2.11. The molecular weight excluding hydrogens is 186 g/mol. The lowest BCUT2D eigenvalue weighted by atomic mass is 9.99. The lowest BCUT2D eigenvalue weighted by molar-refractivity contribution is 0.0368. The van der Waals surface area contributed by atoms with Crippen molar-refractivity contribution in [1.29, 1.82) is 0 Å². The normalized spacial score (nSPS) is 25.4. The molecule has 1 aliphatic rings. The molecule has 0 aliphatic carbocycles. The van der Waals surface area contributed by atoms with E-state index >= 15 is 0 Å². The molecule has 1 rings (SSSR count). The first-order chi connectivity index (χ1) is 6.95. The molecule has 0 radical (unpaired) electrons. The maximum Gasteiger partial charge on any atom is 0.0277 e. The van der Waals surface area contributed by atoms with Crippen LogP contribution in [0.1, 0.15) is 33.6 Å². The molecule has 15 heavy (non-hydrogen) atoms. The summed E-state index contributed by atoms with van der Waals surface area (Å²) in [5.41, 5.74) is 6.38. The highest BCUT2D eigenvalue weighted by atomic mass is 15.3. The van der Waals surface area contributed by atoms with Gasteiger partial charge in [0.25, 0.3) is 0 Å². The molecule has 1 saturated heterocycles. The highest BCUT2D eigenvalue weighted by molar-refractivity contribution is 4.89. The van der Waals surface area contributed by atoms with E-state index in [-0.39, 0.29) is 0 Å². The van der Waals surface area contributed by atoms with Gasteiger partial charge in [0.2, 0.25) is 0 Å². The molecule has 0 saturated carbocycles. The van der Waals surface area contributed by atoms with Gasteiger partial charge in [-0.1, -0.05) is 13.3 Å². The minimum absolute atomic E-state index is 0.296. The lowest BCUT2D eigenvalue weighted by Crippen LogP contribution is -2.59. The smallest absolute Gasteiger partial charge is 0.0277 e. The molecule has 3 heteroatoms. The molecule has 0 bridgehead atoms. The summed E-state index contributed by atoms with van der Waals surface area (Å²) in [4.78, 5) is 4.95. The van der Waals surface area contributed by atoms with Crippen LogP contribution in [0.4, 0.5) is 0 Å². The Balaban J connectivity index is 2.38. The van der Waals surface area contributed by atoms with Crippen LogP contribution in [-0.2, 0) is 0 Å². The quantitative estimate of drug-likeness (QED) is 0.760. The van der Waals surface area contributed by atoms with Crippen LogP contribution in [0.25, 0.3) is 0 Å². The number of likely N-dealkylation sites (N-methyl/N-ethyl adjacent to an activating group) is 1. The fourth-order valence-corrected chi connectivity index (χ4v) is 2.29. The molecule has 0 spiro atoms. The van der Waals surface area contributed by atoms with Gasteiger partial charge in [-0.25, -0.2) is 0 Å². The topological polar surface area (TPSA) is 32.5 Å². The maximum atomic E-state index is 6.08. The number of hydrogen-bond acceptors (Lipinski definition) is 3. The van der Waals surface area contributed by atoms with Crippen molar-refractivity contribution in [2.45, 2.75) is 45.2 Å². The van der Waals surface area contributed by atoms with Crippen LogP contribution < -0.4 is 5.73 Å². The number of piperazine rings is 1. The number of nitrogens with two attached hydrogens (primary N) is 1. The van der Waals surface area contributed by atoms with Gasteiger partial charge in [-0.2, -0.15) is 0 Å². The Kier molecular flexibility index (Phi) is 4.56. The van der Waals surface area contributed by atoms with Gasteiger partial charge in [0.1, 0.15) is 0 Å². The summed E-state index contributed by atoms with van der Waals surface area (Å²) in [6, 6.07) is 0.356. The average molecular weight is 213 g/mol. The van der Waals surface area contributed by atoms with Crippen molar-refractivity contribution in [3.05, 3.63) is 0 Å². The first-order valence-corrected chi connectivity index (χ1v) is 6.15. The molecule has 1 fully saturated rings. The van der Waals surface area contributed by atoms with E-state index < -0.39 is 0 Å². The molecule has 2 N–H and O–H groups in total. The highest BCUT2D eigenvalue weighted by Crippen LogP contribution is 2.18. The first kappa shape index (κ1) is 12.9. The van der Waals surface area contributed by atoms with Crippen molar-refractivity contribution in [2.75, 3.05) is 33.2 Å². The summed E-state index contributed by atoms with van der Waals surface area (Å²) < 4.78 is 0. The number of nitrogens with zero attached hydrogens (tertiary/aromatic N) is 2. The van der Waals surface area contributed by atoms with E-state index in [9.17, 15) is 0 Å². The molecular formula is C12H27N3. The second-order valence-corrected chi connectivity index (χ2v) is 5.52. The predicted molar refractivity (Wildman–Crippen MR) is 66.0 cm³/mol. The lowest BCUT2D eigenvalue weighted by Gasteiger charge is -2.46. The van der Waals surface area contributed by atoms with Crippen LogP contribution in [0.2, 0.25) is 0 Å². The van der Waals surface area contributed by atoms with Gasteiger partial charge >= 0.3 is 0 Å². The van der Waals surface area contributed by atoms with E-state index in [0.29, 0.717) is 11.6 Å². The SMILES string of the molecule is CCCC(N)CN1CCN(C)C(C)(C)C1. The van der Waals surface area contributed by atoms with Crippen LogP contribution >= 0.6 is 0 Å². The van der Waals surface area contributed by atoms with Gasteiger partial charge < -0.3 is 5.73 Å². The van der Waals surface area contributed by atoms with Crippen molar-refractivity contribution in [1.82, 2.24) is 9.80 Å². The zero-order valence-corrected chi connectivity index (χ0v) is 10.8. The Labute approximate surface area is 94.6 Å². The van der Waals surface area contributed by atoms with Crippen LogP contribution in [0, 0.1) is 0 Å². The third-order valence-corrected chi connectivity index (χ3v) is 3.55. The monoisotopic (exact) mass is 213 g/mol. The first-order valence-electron chi connectivity index (χ1n) is 6.15. The summed E-state index contributed by atoms with van der Waals surface area (Å²) in [6.45, 7) is 11.3. The number of hydrogen-bond donors (Lipinski definition) is 1. The van der Waals surface area contributed by atoms with E-state index in [2.05, 4.69) is 37.6 Å². The van der Waals surface area contributed by atoms with Gasteiger partial charge in [0.15, 0.2) is 0 Å². The number of rotatable bonds is 4. The summed E-state index contributed by atoms with van der Waals surface area (Å²) in [5.74, 6) is 0. The molecule has 1 unspecified atom stereocenters. The highest BCUT2D eigenvalue weighted by Gasteiger charge is 2.31. The second-order valence-electron chi connectivity index (χ2n) is 5.52. The van der Waals surface area contributed by atoms with Gasteiger partial charge in [-0.15, -0.1) is 0 Å². The largest absolute Gasteiger partial charge is 0.327 e. The summed E-state index contributed by atoms with van der Waals surface area (Å²) in [6.07, 6.45) is 2.34. The minimum Gasteiger partial charge on any atom is -0.327 e. The molecule has 0 aromatic rings. The summed E-state index contributed by atoms with van der Waals surface area (Å²) in [7, 11) is 2.21. The molecule has 1 atom stereocenters. The zero-order valence-electron chi connectivity index (χ0n) is 10.8. The fourth-order valence-electron chi connectivity index (χ4n) is 2.29. The van der Waals surface area contributed by atoms with Crippen molar-refractivity contribution in [3.63, 3.8) is 0 Å². The Hall–Kier alpha value is -0.120. The maximum absolute atomic E-state index is 6.08. The van der Waals surface area contributed by atoms with E-state index in [4.69, 9.17) is 5.73 Å². The van der Waals surface area contributed by atoms with E-state index in [0.717, 1.165) is 32.6 Å². The van der Waals surface area contributed by atoms with Crippen molar-refractivity contribution in [3.8, 4) is 0 Å². The Bertz CT molecular complexity index is 191. The van der Waals surface area contributed by atoms with Crippen molar-refractivity contribution in [2.24, 2.45) is 5.73 Å². The van der Waals surface area contributed by atoms with Gasteiger partial charge in [-0.3, -0.25) is 9.80 Å². The molecule has 0 amide bonds. The van der Waals surface area contributed by atoms with Gasteiger partial charge in [-0.05, 0) is 27.3 Å².